The van der Waals surface area contributed by atoms with Crippen molar-refractivity contribution in [1.82, 2.24) is 0 Å². The first-order chi connectivity index (χ1) is 22.8. The summed E-state index contributed by atoms with van der Waals surface area (Å²) in [5.41, 5.74) is 9.44. The van der Waals surface area contributed by atoms with E-state index in [-0.39, 0.29) is 0 Å². The number of anilines is 6. The third-order valence-corrected chi connectivity index (χ3v) is 8.63. The van der Waals surface area contributed by atoms with Crippen molar-refractivity contribution in [2.75, 3.05) is 9.80 Å². The van der Waals surface area contributed by atoms with Crippen molar-refractivity contribution in [3.63, 3.8) is 0 Å². The molecular formula is C42H28N2O2. The molecule has 218 valence electrons. The number of nitrogens with zero attached hydrogens (tertiary/aromatic N) is 2. The van der Waals surface area contributed by atoms with Gasteiger partial charge in [-0.15, -0.1) is 0 Å². The van der Waals surface area contributed by atoms with Gasteiger partial charge in [0.05, 0.1) is 22.4 Å². The van der Waals surface area contributed by atoms with E-state index >= 15 is 0 Å². The summed E-state index contributed by atoms with van der Waals surface area (Å²) in [4.78, 5) is 4.55. The fourth-order valence-corrected chi connectivity index (χ4v) is 6.65. The van der Waals surface area contributed by atoms with Crippen LogP contribution in [-0.2, 0) is 0 Å². The second kappa shape index (κ2) is 10.7. The molecule has 0 aliphatic heterocycles. The SMILES string of the molecule is c1ccc(N(c2cccc3c2oc2ccccc23)c2cccc3c2oc2cccc(N(c4ccccc4)c4ccccc4)c23)cc1. The summed E-state index contributed by atoms with van der Waals surface area (Å²) in [6.45, 7) is 0. The lowest BCUT2D eigenvalue weighted by Crippen LogP contribution is -2.10. The largest absolute Gasteiger partial charge is 0.454 e. The Morgan fingerprint density at radius 2 is 0.739 bits per heavy atom. The van der Waals surface area contributed by atoms with E-state index in [1.165, 1.54) is 0 Å². The molecular weight excluding hydrogens is 564 g/mol. The Kier molecular flexibility index (Phi) is 6.10. The van der Waals surface area contributed by atoms with Crippen LogP contribution in [0.5, 0.6) is 0 Å². The van der Waals surface area contributed by atoms with E-state index in [1.807, 2.05) is 30.3 Å². The van der Waals surface area contributed by atoms with Crippen LogP contribution >= 0.6 is 0 Å². The minimum absolute atomic E-state index is 0.808. The van der Waals surface area contributed by atoms with Crippen molar-refractivity contribution in [1.29, 1.82) is 0 Å². The molecule has 46 heavy (non-hydrogen) atoms. The second-order valence-electron chi connectivity index (χ2n) is 11.3. The third-order valence-electron chi connectivity index (χ3n) is 8.63. The molecule has 0 bridgehead atoms. The van der Waals surface area contributed by atoms with E-state index in [9.17, 15) is 0 Å². The molecule has 0 aliphatic carbocycles. The first kappa shape index (κ1) is 26.2. The predicted octanol–water partition coefficient (Wildman–Crippen LogP) is 12.4. The Morgan fingerprint density at radius 3 is 1.39 bits per heavy atom. The van der Waals surface area contributed by atoms with Gasteiger partial charge in [0.2, 0.25) is 0 Å². The second-order valence-corrected chi connectivity index (χ2v) is 11.3. The van der Waals surface area contributed by atoms with Gasteiger partial charge in [0.15, 0.2) is 11.2 Å². The molecule has 0 spiro atoms. The molecule has 0 aliphatic rings. The quantitative estimate of drug-likeness (QED) is 0.192. The Morgan fingerprint density at radius 1 is 0.304 bits per heavy atom. The fourth-order valence-electron chi connectivity index (χ4n) is 6.65. The maximum Gasteiger partial charge on any atom is 0.159 e. The molecule has 0 saturated heterocycles. The Bertz CT molecular complexity index is 2440. The molecule has 0 amide bonds. The van der Waals surface area contributed by atoms with Gasteiger partial charge in [-0.25, -0.2) is 0 Å². The van der Waals surface area contributed by atoms with Crippen molar-refractivity contribution in [3.05, 3.63) is 170 Å². The molecule has 0 saturated carbocycles. The standard InChI is InChI=1S/C42H28N2O2/c1-4-15-29(16-5-1)43(30-17-6-2-7-18-30)35-24-14-28-39-40(35)34-23-13-26-37(42(34)46-39)44(31-19-8-3-9-20-31)36-25-12-22-33-32-21-10-11-27-38(32)45-41(33)36/h1-28H. The molecule has 0 fully saturated rings. The maximum atomic E-state index is 6.84. The molecule has 0 N–H and O–H groups in total. The molecule has 2 aromatic heterocycles. The fraction of sp³-hybridized carbons (Fsp3) is 0. The van der Waals surface area contributed by atoms with Gasteiger partial charge in [-0.3, -0.25) is 0 Å². The smallest absolute Gasteiger partial charge is 0.159 e. The molecule has 7 aromatic carbocycles. The summed E-state index contributed by atoms with van der Waals surface area (Å²) in [6, 6.07) is 58.7. The monoisotopic (exact) mass is 592 g/mol. The van der Waals surface area contributed by atoms with Crippen LogP contribution in [0.25, 0.3) is 43.9 Å². The van der Waals surface area contributed by atoms with Gasteiger partial charge in [0.1, 0.15) is 11.2 Å². The van der Waals surface area contributed by atoms with Crippen LogP contribution in [0.2, 0.25) is 0 Å². The molecule has 0 unspecified atom stereocenters. The first-order valence-corrected chi connectivity index (χ1v) is 15.4. The van der Waals surface area contributed by atoms with E-state index in [2.05, 4.69) is 149 Å². The van der Waals surface area contributed by atoms with Gasteiger partial charge in [0.25, 0.3) is 0 Å². The third kappa shape index (κ3) is 4.15. The summed E-state index contributed by atoms with van der Waals surface area (Å²) >= 11 is 0. The maximum absolute atomic E-state index is 6.84. The number of para-hydroxylation sites is 6. The lowest BCUT2D eigenvalue weighted by molar-refractivity contribution is 0.666. The minimum Gasteiger partial charge on any atom is -0.454 e. The Balaban J connectivity index is 1.32. The molecule has 4 nitrogen and oxygen atoms in total. The van der Waals surface area contributed by atoms with Crippen molar-refractivity contribution < 1.29 is 8.83 Å². The zero-order valence-corrected chi connectivity index (χ0v) is 24.9. The van der Waals surface area contributed by atoms with Crippen molar-refractivity contribution in [2.45, 2.75) is 0 Å². The minimum atomic E-state index is 0.808. The summed E-state index contributed by atoms with van der Waals surface area (Å²) < 4.78 is 13.4. The number of benzene rings is 7. The summed E-state index contributed by atoms with van der Waals surface area (Å²) in [6.07, 6.45) is 0. The molecule has 0 atom stereocenters. The van der Waals surface area contributed by atoms with Crippen LogP contribution in [0, 0.1) is 0 Å². The van der Waals surface area contributed by atoms with Crippen LogP contribution < -0.4 is 9.80 Å². The van der Waals surface area contributed by atoms with Crippen LogP contribution in [0.4, 0.5) is 34.1 Å². The van der Waals surface area contributed by atoms with Crippen LogP contribution in [0.3, 0.4) is 0 Å². The summed E-state index contributed by atoms with van der Waals surface area (Å²) in [5, 5.41) is 4.27. The lowest BCUT2D eigenvalue weighted by atomic mass is 10.1. The molecule has 0 radical (unpaired) electrons. The average Bonchev–Trinajstić information content (AvgIpc) is 3.70. The highest BCUT2D eigenvalue weighted by Crippen LogP contribution is 2.48. The highest BCUT2D eigenvalue weighted by molar-refractivity contribution is 6.17. The Hall–Kier alpha value is -6.26. The van der Waals surface area contributed by atoms with Gasteiger partial charge >= 0.3 is 0 Å². The topological polar surface area (TPSA) is 32.8 Å². The van der Waals surface area contributed by atoms with E-state index in [1.54, 1.807) is 0 Å². The number of hydrogen-bond donors (Lipinski definition) is 0. The summed E-state index contributed by atoms with van der Waals surface area (Å²) in [7, 11) is 0. The van der Waals surface area contributed by atoms with E-state index in [0.29, 0.717) is 0 Å². The van der Waals surface area contributed by atoms with E-state index in [4.69, 9.17) is 8.83 Å². The molecule has 9 rings (SSSR count). The van der Waals surface area contributed by atoms with Crippen LogP contribution in [0.15, 0.2) is 179 Å². The zero-order chi connectivity index (χ0) is 30.5. The zero-order valence-electron chi connectivity index (χ0n) is 24.9. The normalized spacial score (nSPS) is 11.5. The number of furan rings is 2. The average molecular weight is 593 g/mol. The predicted molar refractivity (Wildman–Crippen MR) is 190 cm³/mol. The van der Waals surface area contributed by atoms with Crippen LogP contribution in [0.1, 0.15) is 0 Å². The van der Waals surface area contributed by atoms with Gasteiger partial charge in [-0.1, -0.05) is 103 Å². The molecule has 2 heterocycles. The summed E-state index contributed by atoms with van der Waals surface area (Å²) in [5.74, 6) is 0. The van der Waals surface area contributed by atoms with Crippen molar-refractivity contribution >= 4 is 78.0 Å². The van der Waals surface area contributed by atoms with E-state index in [0.717, 1.165) is 78.0 Å². The van der Waals surface area contributed by atoms with E-state index < -0.39 is 0 Å². The van der Waals surface area contributed by atoms with Gasteiger partial charge < -0.3 is 18.6 Å². The van der Waals surface area contributed by atoms with Crippen molar-refractivity contribution in [3.8, 4) is 0 Å². The highest BCUT2D eigenvalue weighted by Gasteiger charge is 2.25. The number of rotatable bonds is 6. The highest BCUT2D eigenvalue weighted by atomic mass is 16.3. The van der Waals surface area contributed by atoms with Gasteiger partial charge in [-0.2, -0.15) is 0 Å². The van der Waals surface area contributed by atoms with Gasteiger partial charge in [0, 0.05) is 33.2 Å². The number of hydrogen-bond acceptors (Lipinski definition) is 4. The van der Waals surface area contributed by atoms with Crippen LogP contribution in [-0.4, -0.2) is 0 Å². The molecule has 9 aromatic rings. The number of fused-ring (bicyclic) bond motifs is 6. The van der Waals surface area contributed by atoms with Crippen molar-refractivity contribution in [2.24, 2.45) is 0 Å². The Labute approximate surface area is 265 Å². The molecule has 4 heteroatoms. The lowest BCUT2D eigenvalue weighted by Gasteiger charge is -2.26. The first-order valence-electron chi connectivity index (χ1n) is 15.4. The van der Waals surface area contributed by atoms with Gasteiger partial charge in [-0.05, 0) is 66.7 Å².